The average molecular weight is 512 g/mol. The van der Waals surface area contributed by atoms with E-state index in [2.05, 4.69) is 5.32 Å². The maximum Gasteiger partial charge on any atom is 0.343 e. The number of anilines is 3. The number of amides is 3. The number of nitrogens with zero attached hydrogens (tertiary/aromatic N) is 2. The van der Waals surface area contributed by atoms with Gasteiger partial charge >= 0.3 is 6.03 Å². The molecule has 0 bridgehead atoms. The van der Waals surface area contributed by atoms with Gasteiger partial charge in [-0.15, -0.1) is 0 Å². The molecule has 36 heavy (non-hydrogen) atoms. The Hall–Kier alpha value is -4.25. The monoisotopic (exact) mass is 511 g/mol. The van der Waals surface area contributed by atoms with Gasteiger partial charge in [-0.25, -0.2) is 13.2 Å². The molecule has 0 aromatic heterocycles. The highest BCUT2D eigenvalue weighted by Gasteiger charge is 2.43. The first-order valence-electron chi connectivity index (χ1n) is 10.8. The van der Waals surface area contributed by atoms with Crippen molar-refractivity contribution in [2.45, 2.75) is 11.8 Å². The number of carbonyl (C=O) groups is 2. The second kappa shape index (κ2) is 9.78. The lowest BCUT2D eigenvalue weighted by molar-refractivity contribution is -0.114. The fourth-order valence-electron chi connectivity index (χ4n) is 3.97. The molecule has 1 aliphatic rings. The number of ether oxygens (including phenoxy) is 3. The summed E-state index contributed by atoms with van der Waals surface area (Å²) < 4.78 is 43.4. The maximum atomic E-state index is 13.5. The van der Waals surface area contributed by atoms with Gasteiger partial charge < -0.3 is 19.5 Å². The molecule has 3 aromatic carbocycles. The summed E-state index contributed by atoms with van der Waals surface area (Å²) >= 11 is 0. The number of hydrogen-bond acceptors (Lipinski definition) is 7. The lowest BCUT2D eigenvalue weighted by Gasteiger charge is -2.35. The molecule has 0 saturated heterocycles. The predicted octanol–water partition coefficient (Wildman–Crippen LogP) is 3.79. The van der Waals surface area contributed by atoms with E-state index in [4.69, 9.17) is 14.2 Å². The molecule has 10 nitrogen and oxygen atoms in total. The van der Waals surface area contributed by atoms with Crippen LogP contribution in [0.25, 0.3) is 0 Å². The van der Waals surface area contributed by atoms with E-state index in [-0.39, 0.29) is 16.3 Å². The molecule has 188 valence electrons. The normalized spacial score (nSPS) is 14.2. The summed E-state index contributed by atoms with van der Waals surface area (Å²) in [7, 11) is 0.175. The SMILES string of the molecule is COc1cc(NC(=O)CN2C(=O)N(c3cccc(C)c3)S(=O)(=O)c3ccccc32)cc(OC)c1OC. The summed E-state index contributed by atoms with van der Waals surface area (Å²) in [5.41, 5.74) is 1.42. The van der Waals surface area contributed by atoms with E-state index in [9.17, 15) is 18.0 Å². The lowest BCUT2D eigenvalue weighted by atomic mass is 10.2. The summed E-state index contributed by atoms with van der Waals surface area (Å²) in [6.45, 7) is 1.35. The molecule has 0 aliphatic carbocycles. The van der Waals surface area contributed by atoms with Crippen molar-refractivity contribution in [3.63, 3.8) is 0 Å². The second-order valence-corrected chi connectivity index (χ2v) is 9.66. The van der Waals surface area contributed by atoms with E-state index in [1.54, 1.807) is 49.4 Å². The van der Waals surface area contributed by atoms with Crippen LogP contribution in [0.4, 0.5) is 21.9 Å². The third kappa shape index (κ3) is 4.40. The molecule has 0 saturated carbocycles. The van der Waals surface area contributed by atoms with Gasteiger partial charge in [-0.1, -0.05) is 24.3 Å². The van der Waals surface area contributed by atoms with E-state index >= 15 is 0 Å². The van der Waals surface area contributed by atoms with Crippen molar-refractivity contribution < 1.29 is 32.2 Å². The number of para-hydroxylation sites is 1. The van der Waals surface area contributed by atoms with Gasteiger partial charge in [0.1, 0.15) is 11.4 Å². The average Bonchev–Trinajstić information content (AvgIpc) is 2.86. The standard InChI is InChI=1S/C25H25N3O7S/c1-16-8-7-9-18(12-16)28-25(30)27(19-10-5-6-11-22(19)36(28,31)32)15-23(29)26-17-13-20(33-2)24(35-4)21(14-17)34-3/h5-14H,15H2,1-4H3,(H,26,29). The Bertz CT molecular complexity index is 1410. The summed E-state index contributed by atoms with van der Waals surface area (Å²) in [6.07, 6.45) is 0. The van der Waals surface area contributed by atoms with Crippen LogP contribution in [0.15, 0.2) is 65.6 Å². The van der Waals surface area contributed by atoms with Crippen LogP contribution in [-0.2, 0) is 14.8 Å². The maximum absolute atomic E-state index is 13.5. The van der Waals surface area contributed by atoms with E-state index < -0.39 is 28.5 Å². The fraction of sp³-hybridized carbons (Fsp3) is 0.200. The predicted molar refractivity (Wildman–Crippen MR) is 135 cm³/mol. The number of fused-ring (bicyclic) bond motifs is 1. The summed E-state index contributed by atoms with van der Waals surface area (Å²) in [5, 5.41) is 2.71. The lowest BCUT2D eigenvalue weighted by Crippen LogP contribution is -2.53. The van der Waals surface area contributed by atoms with Crippen LogP contribution in [0.3, 0.4) is 0 Å². The zero-order valence-corrected chi connectivity index (χ0v) is 21.0. The number of aryl methyl sites for hydroxylation is 1. The molecular formula is C25H25N3O7S. The number of methoxy groups -OCH3 is 3. The van der Waals surface area contributed by atoms with Crippen LogP contribution in [0, 0.1) is 6.92 Å². The number of nitrogens with one attached hydrogen (secondary N) is 1. The molecule has 0 spiro atoms. The Morgan fingerprint density at radius 1 is 0.917 bits per heavy atom. The van der Waals surface area contributed by atoms with Crippen molar-refractivity contribution in [2.75, 3.05) is 42.4 Å². The highest BCUT2D eigenvalue weighted by molar-refractivity contribution is 7.94. The van der Waals surface area contributed by atoms with Gasteiger partial charge in [0, 0.05) is 17.8 Å². The third-order valence-corrected chi connectivity index (χ3v) is 7.31. The molecular weight excluding hydrogens is 486 g/mol. The molecule has 3 amide bonds. The van der Waals surface area contributed by atoms with Crippen molar-refractivity contribution in [3.8, 4) is 17.2 Å². The van der Waals surface area contributed by atoms with Crippen LogP contribution >= 0.6 is 0 Å². The van der Waals surface area contributed by atoms with E-state index in [0.717, 1.165) is 14.8 Å². The van der Waals surface area contributed by atoms with Crippen LogP contribution < -0.4 is 28.7 Å². The Kier molecular flexibility index (Phi) is 6.75. The molecule has 0 atom stereocenters. The van der Waals surface area contributed by atoms with Crippen molar-refractivity contribution in [1.82, 2.24) is 0 Å². The molecule has 1 aliphatic heterocycles. The molecule has 1 heterocycles. The van der Waals surface area contributed by atoms with Gasteiger partial charge in [0.25, 0.3) is 10.0 Å². The smallest absolute Gasteiger partial charge is 0.343 e. The van der Waals surface area contributed by atoms with Gasteiger partial charge in [0.15, 0.2) is 11.5 Å². The van der Waals surface area contributed by atoms with E-state index in [1.165, 1.54) is 39.5 Å². The van der Waals surface area contributed by atoms with E-state index in [1.807, 2.05) is 0 Å². The van der Waals surface area contributed by atoms with Crippen molar-refractivity contribution >= 4 is 39.0 Å². The number of benzene rings is 3. The van der Waals surface area contributed by atoms with Crippen molar-refractivity contribution in [1.29, 1.82) is 0 Å². The minimum atomic E-state index is -4.19. The molecule has 0 radical (unpaired) electrons. The summed E-state index contributed by atoms with van der Waals surface area (Å²) in [4.78, 5) is 27.6. The van der Waals surface area contributed by atoms with Gasteiger partial charge in [0.05, 0.1) is 32.7 Å². The van der Waals surface area contributed by atoms with Crippen LogP contribution in [-0.4, -0.2) is 48.2 Å². The third-order valence-electron chi connectivity index (χ3n) is 5.57. The number of carbonyl (C=O) groups excluding carboxylic acids is 2. The minimum Gasteiger partial charge on any atom is -0.493 e. The Labute approximate surface area is 209 Å². The van der Waals surface area contributed by atoms with Crippen LogP contribution in [0.1, 0.15) is 5.56 Å². The minimum absolute atomic E-state index is 0.0771. The van der Waals surface area contributed by atoms with E-state index in [0.29, 0.717) is 22.9 Å². The zero-order chi connectivity index (χ0) is 26.0. The topological polar surface area (TPSA) is 114 Å². The van der Waals surface area contributed by atoms with Gasteiger partial charge in [-0.3, -0.25) is 9.69 Å². The first-order valence-corrected chi connectivity index (χ1v) is 12.3. The highest BCUT2D eigenvalue weighted by Crippen LogP contribution is 2.40. The molecule has 0 unspecified atom stereocenters. The second-order valence-electron chi connectivity index (χ2n) is 7.91. The summed E-state index contributed by atoms with van der Waals surface area (Å²) in [6, 6.07) is 14.9. The molecule has 1 N–H and O–H groups in total. The zero-order valence-electron chi connectivity index (χ0n) is 20.1. The van der Waals surface area contributed by atoms with Crippen molar-refractivity contribution in [2.24, 2.45) is 0 Å². The molecule has 4 rings (SSSR count). The molecule has 11 heteroatoms. The highest BCUT2D eigenvalue weighted by atomic mass is 32.2. The fourth-order valence-corrected chi connectivity index (χ4v) is 5.55. The number of urea groups is 1. The number of sulfonamides is 1. The molecule has 3 aromatic rings. The van der Waals surface area contributed by atoms with Gasteiger partial charge in [-0.05, 0) is 36.8 Å². The van der Waals surface area contributed by atoms with Crippen molar-refractivity contribution in [3.05, 3.63) is 66.2 Å². The van der Waals surface area contributed by atoms with Gasteiger partial charge in [0.2, 0.25) is 11.7 Å². The molecule has 0 fully saturated rings. The Morgan fingerprint density at radius 3 is 2.19 bits per heavy atom. The Balaban J connectivity index is 1.70. The van der Waals surface area contributed by atoms with Gasteiger partial charge in [-0.2, -0.15) is 4.31 Å². The van der Waals surface area contributed by atoms with Crippen LogP contribution in [0.5, 0.6) is 17.2 Å². The quantitative estimate of drug-likeness (QED) is 0.513. The summed E-state index contributed by atoms with van der Waals surface area (Å²) in [5.74, 6) is 0.472. The van der Waals surface area contributed by atoms with Crippen LogP contribution in [0.2, 0.25) is 0 Å². The first kappa shape index (κ1) is 24.9. The largest absolute Gasteiger partial charge is 0.493 e. The number of hydrogen-bond donors (Lipinski definition) is 1. The Morgan fingerprint density at radius 2 is 1.58 bits per heavy atom. The first-order chi connectivity index (χ1) is 17.2. The number of rotatable bonds is 7.